The second-order valence-corrected chi connectivity index (χ2v) is 13.8. The van der Waals surface area contributed by atoms with Crippen LogP contribution in [0.2, 0.25) is 0 Å². The van der Waals surface area contributed by atoms with Gasteiger partial charge in [-0.05, 0) is 81.4 Å². The number of fused-ring (bicyclic) bond motifs is 2. The Morgan fingerprint density at radius 3 is 2.59 bits per heavy atom. The minimum absolute atomic E-state index is 0.0137. The molecule has 5 aliphatic carbocycles. The van der Waals surface area contributed by atoms with Gasteiger partial charge in [0.1, 0.15) is 11.7 Å². The fourth-order valence-corrected chi connectivity index (χ4v) is 9.41. The van der Waals surface area contributed by atoms with Gasteiger partial charge in [0, 0.05) is 34.9 Å². The number of ether oxygens (including phenoxy) is 2. The molecule has 1 aromatic rings. The predicted octanol–water partition coefficient (Wildman–Crippen LogP) is 4.06. The fourth-order valence-electron chi connectivity index (χ4n) is 9.41. The molecule has 186 valence electrons. The smallest absolute Gasteiger partial charge is 0.165 e. The Balaban J connectivity index is 1.46. The molecule has 2 N–H and O–H groups in total. The number of hydrogen-bond acceptors (Lipinski definition) is 5. The number of aliphatic hydroxyl groups is 2. The van der Waals surface area contributed by atoms with Crippen molar-refractivity contribution in [2.45, 2.75) is 101 Å². The molecule has 2 spiro atoms. The van der Waals surface area contributed by atoms with Gasteiger partial charge in [-0.1, -0.05) is 26.8 Å². The zero-order chi connectivity index (χ0) is 23.9. The first-order valence-corrected chi connectivity index (χ1v) is 13.6. The zero-order valence-corrected chi connectivity index (χ0v) is 21.5. The Morgan fingerprint density at radius 1 is 1.15 bits per heavy atom. The number of hydrogen-bond donors (Lipinski definition) is 2. The molecule has 0 amide bonds. The first kappa shape index (κ1) is 21.9. The van der Waals surface area contributed by atoms with Crippen molar-refractivity contribution >= 4 is 0 Å². The zero-order valence-electron chi connectivity index (χ0n) is 21.5. The topological polar surface area (TPSA) is 62.2 Å². The highest BCUT2D eigenvalue weighted by Gasteiger charge is 2.81. The number of methoxy groups -OCH3 is 1. The van der Waals surface area contributed by atoms with E-state index in [1.807, 2.05) is 6.92 Å². The van der Waals surface area contributed by atoms with Gasteiger partial charge in [-0.25, -0.2) is 0 Å². The van der Waals surface area contributed by atoms with Crippen LogP contribution in [0.25, 0.3) is 0 Å². The Bertz CT molecular complexity index is 1060. The Labute approximate surface area is 203 Å². The Kier molecular flexibility index (Phi) is 4.08. The van der Waals surface area contributed by atoms with Gasteiger partial charge in [-0.3, -0.25) is 4.90 Å². The van der Waals surface area contributed by atoms with Crippen molar-refractivity contribution < 1.29 is 19.7 Å². The first-order valence-electron chi connectivity index (χ1n) is 13.6. The molecule has 8 rings (SSSR count). The van der Waals surface area contributed by atoms with E-state index in [0.29, 0.717) is 12.5 Å². The predicted molar refractivity (Wildman–Crippen MR) is 130 cm³/mol. The van der Waals surface area contributed by atoms with Crippen LogP contribution in [0.3, 0.4) is 0 Å². The average molecular weight is 468 g/mol. The van der Waals surface area contributed by atoms with Crippen molar-refractivity contribution in [3.05, 3.63) is 23.3 Å². The van der Waals surface area contributed by atoms with Gasteiger partial charge in [0.05, 0.1) is 12.7 Å². The van der Waals surface area contributed by atoms with Crippen molar-refractivity contribution in [2.24, 2.45) is 22.7 Å². The van der Waals surface area contributed by atoms with E-state index in [2.05, 4.69) is 37.8 Å². The van der Waals surface area contributed by atoms with Crippen LogP contribution < -0.4 is 9.47 Å². The summed E-state index contributed by atoms with van der Waals surface area (Å²) in [5, 5.41) is 24.7. The van der Waals surface area contributed by atoms with Crippen LogP contribution in [-0.4, -0.2) is 58.7 Å². The molecule has 1 saturated heterocycles. The maximum absolute atomic E-state index is 12.6. The molecule has 2 aliphatic heterocycles. The summed E-state index contributed by atoms with van der Waals surface area (Å²) in [6.07, 6.45) is 7.07. The standard InChI is InChI=1S/C29H41NO4/c1-25(2,3)26(4,31)20-15-27-10-11-29(20,32)24-28(27)12-13-30(16-17-6-7-17)21(27)14-18-8-9-19(33-5)23(34-24)22(18)28/h8-9,17,20-21,24,31-32H,6-7,10-16H2,1-5H3/t20-,21?,24+,26+,27?,28?,29+/m1/s1. The third-order valence-corrected chi connectivity index (χ3v) is 11.7. The number of benzene rings is 1. The Morgan fingerprint density at radius 2 is 1.91 bits per heavy atom. The van der Waals surface area contributed by atoms with Gasteiger partial charge in [0.25, 0.3) is 0 Å². The van der Waals surface area contributed by atoms with E-state index in [1.54, 1.807) is 7.11 Å². The molecule has 5 fully saturated rings. The molecule has 7 atom stereocenters. The SMILES string of the molecule is COc1ccc2c3c1O[C@H]1C34CCN(CC3CC3)C(C2)C42CC[C@]1(O)[C@@H]([C@](C)(O)C(C)(C)C)C2. The lowest BCUT2D eigenvalue weighted by atomic mass is 9.33. The lowest BCUT2D eigenvalue weighted by Crippen LogP contribution is -2.82. The van der Waals surface area contributed by atoms with Gasteiger partial charge in [-0.2, -0.15) is 0 Å². The molecular formula is C29H41NO4. The molecule has 0 aromatic heterocycles. The maximum atomic E-state index is 12.6. The fraction of sp³-hybridized carbons (Fsp3) is 0.793. The van der Waals surface area contributed by atoms with Crippen LogP contribution in [0, 0.1) is 22.7 Å². The second kappa shape index (κ2) is 6.33. The van der Waals surface area contributed by atoms with Gasteiger partial charge < -0.3 is 19.7 Å². The number of nitrogens with zero attached hydrogens (tertiary/aromatic N) is 1. The van der Waals surface area contributed by atoms with E-state index in [9.17, 15) is 10.2 Å². The molecule has 5 heteroatoms. The second-order valence-electron chi connectivity index (χ2n) is 13.8. The normalized spacial score (nSPS) is 43.8. The summed E-state index contributed by atoms with van der Waals surface area (Å²) in [6.45, 7) is 10.6. The third kappa shape index (κ3) is 2.29. The summed E-state index contributed by atoms with van der Waals surface area (Å²) in [7, 11) is 1.72. The van der Waals surface area contributed by atoms with Gasteiger partial charge in [0.2, 0.25) is 0 Å². The van der Waals surface area contributed by atoms with Crippen LogP contribution in [0.5, 0.6) is 11.5 Å². The van der Waals surface area contributed by atoms with Gasteiger partial charge in [0.15, 0.2) is 11.5 Å². The van der Waals surface area contributed by atoms with E-state index in [-0.39, 0.29) is 28.3 Å². The summed E-state index contributed by atoms with van der Waals surface area (Å²) >= 11 is 0. The third-order valence-electron chi connectivity index (χ3n) is 11.7. The number of piperidine rings is 1. The van der Waals surface area contributed by atoms with E-state index in [1.165, 1.54) is 30.5 Å². The van der Waals surface area contributed by atoms with E-state index in [4.69, 9.17) is 9.47 Å². The Hall–Kier alpha value is -1.30. The van der Waals surface area contributed by atoms with Crippen LogP contribution in [0.1, 0.15) is 77.3 Å². The van der Waals surface area contributed by atoms with Gasteiger partial charge >= 0.3 is 0 Å². The molecule has 7 aliphatic rings. The molecule has 2 heterocycles. The minimum atomic E-state index is -1.06. The number of likely N-dealkylation sites (tertiary alicyclic amines) is 1. The average Bonchev–Trinajstić information content (AvgIpc) is 3.52. The molecular weight excluding hydrogens is 426 g/mol. The lowest BCUT2D eigenvalue weighted by Gasteiger charge is -2.75. The van der Waals surface area contributed by atoms with Crippen molar-refractivity contribution in [3.8, 4) is 11.5 Å². The van der Waals surface area contributed by atoms with Crippen LogP contribution >= 0.6 is 0 Å². The summed E-state index contributed by atoms with van der Waals surface area (Å²) in [5.41, 5.74) is 0.151. The van der Waals surface area contributed by atoms with Crippen LogP contribution in [0.15, 0.2) is 12.1 Å². The minimum Gasteiger partial charge on any atom is -0.493 e. The maximum Gasteiger partial charge on any atom is 0.165 e. The van der Waals surface area contributed by atoms with Crippen molar-refractivity contribution in [1.82, 2.24) is 4.90 Å². The summed E-state index contributed by atoms with van der Waals surface area (Å²) < 4.78 is 12.7. The number of rotatable bonds is 4. The van der Waals surface area contributed by atoms with E-state index >= 15 is 0 Å². The lowest BCUT2D eigenvalue weighted by molar-refractivity contribution is -0.305. The first-order chi connectivity index (χ1) is 16.0. The van der Waals surface area contributed by atoms with Crippen molar-refractivity contribution in [3.63, 3.8) is 0 Å². The largest absolute Gasteiger partial charge is 0.493 e. The van der Waals surface area contributed by atoms with Crippen LogP contribution in [-0.2, 0) is 11.8 Å². The van der Waals surface area contributed by atoms with Crippen molar-refractivity contribution in [1.29, 1.82) is 0 Å². The quantitative estimate of drug-likeness (QED) is 0.699. The van der Waals surface area contributed by atoms with Crippen molar-refractivity contribution in [2.75, 3.05) is 20.2 Å². The molecule has 3 unspecified atom stereocenters. The molecule has 5 nitrogen and oxygen atoms in total. The monoisotopic (exact) mass is 467 g/mol. The summed E-state index contributed by atoms with van der Waals surface area (Å²) in [5.74, 6) is 2.29. The molecule has 34 heavy (non-hydrogen) atoms. The van der Waals surface area contributed by atoms with E-state index < -0.39 is 11.2 Å². The molecule has 4 bridgehead atoms. The van der Waals surface area contributed by atoms with Gasteiger partial charge in [-0.15, -0.1) is 0 Å². The highest BCUT2D eigenvalue weighted by Crippen LogP contribution is 2.77. The molecule has 1 aromatic carbocycles. The highest BCUT2D eigenvalue weighted by molar-refractivity contribution is 5.63. The van der Waals surface area contributed by atoms with Crippen LogP contribution in [0.4, 0.5) is 0 Å². The summed E-state index contributed by atoms with van der Waals surface area (Å²) in [6, 6.07) is 4.78. The highest BCUT2D eigenvalue weighted by atomic mass is 16.5. The molecule has 4 saturated carbocycles. The summed E-state index contributed by atoms with van der Waals surface area (Å²) in [4.78, 5) is 2.81. The van der Waals surface area contributed by atoms with E-state index in [0.717, 1.165) is 49.6 Å². The molecule has 0 radical (unpaired) electrons.